The Kier molecular flexibility index (Phi) is 3.66. The Balaban J connectivity index is 1.78. The second-order valence-electron chi connectivity index (χ2n) is 4.87. The van der Waals surface area contributed by atoms with Crippen LogP contribution in [0, 0.1) is 6.92 Å². The molecule has 1 N–H and O–H groups in total. The van der Waals surface area contributed by atoms with Gasteiger partial charge in [0.05, 0.1) is 10.6 Å². The zero-order chi connectivity index (χ0) is 13.2. The number of carbonyl (C=O) groups excluding carboxylic acids is 1. The lowest BCUT2D eigenvalue weighted by molar-refractivity contribution is 0.0941. The highest BCUT2D eigenvalue weighted by Gasteiger charge is 2.21. The van der Waals surface area contributed by atoms with Gasteiger partial charge in [-0.1, -0.05) is 18.9 Å². The van der Waals surface area contributed by atoms with E-state index >= 15 is 0 Å². The van der Waals surface area contributed by atoms with Crippen molar-refractivity contribution in [2.24, 2.45) is 0 Å². The topological polar surface area (TPSA) is 42.0 Å². The van der Waals surface area contributed by atoms with E-state index in [4.69, 9.17) is 0 Å². The normalized spacial score (nSPS) is 15.8. The van der Waals surface area contributed by atoms with Crippen molar-refractivity contribution in [3.63, 3.8) is 0 Å². The van der Waals surface area contributed by atoms with Gasteiger partial charge >= 0.3 is 0 Å². The lowest BCUT2D eigenvalue weighted by atomic mass is 10.2. The third-order valence-corrected chi connectivity index (χ3v) is 5.62. The summed E-state index contributed by atoms with van der Waals surface area (Å²) in [7, 11) is 0. The summed E-state index contributed by atoms with van der Waals surface area (Å²) in [6.45, 7) is 1.91. The van der Waals surface area contributed by atoms with Crippen molar-refractivity contribution in [2.75, 3.05) is 0 Å². The second-order valence-corrected chi connectivity index (χ2v) is 6.81. The van der Waals surface area contributed by atoms with Crippen LogP contribution in [-0.4, -0.2) is 16.9 Å². The Morgan fingerprint density at radius 3 is 2.89 bits per heavy atom. The molecule has 0 atom stereocenters. The molecule has 2 aromatic rings. The maximum absolute atomic E-state index is 12.3. The molecule has 1 saturated carbocycles. The molecule has 0 radical (unpaired) electrons. The summed E-state index contributed by atoms with van der Waals surface area (Å²) < 4.78 is 0. The molecule has 0 saturated heterocycles. The van der Waals surface area contributed by atoms with Crippen molar-refractivity contribution < 1.29 is 4.79 Å². The van der Waals surface area contributed by atoms with Gasteiger partial charge in [0, 0.05) is 6.04 Å². The molecule has 19 heavy (non-hydrogen) atoms. The molecule has 3 nitrogen and oxygen atoms in total. The first-order valence-corrected chi connectivity index (χ1v) is 8.26. The molecular formula is C14H16N2OS2. The summed E-state index contributed by atoms with van der Waals surface area (Å²) in [5.41, 5.74) is 0.837. The van der Waals surface area contributed by atoms with Crippen molar-refractivity contribution in [2.45, 2.75) is 38.6 Å². The van der Waals surface area contributed by atoms with E-state index in [2.05, 4.69) is 10.3 Å². The highest BCUT2D eigenvalue weighted by Crippen LogP contribution is 2.31. The minimum Gasteiger partial charge on any atom is -0.349 e. The van der Waals surface area contributed by atoms with Gasteiger partial charge < -0.3 is 5.32 Å². The fourth-order valence-electron chi connectivity index (χ4n) is 2.43. The molecule has 0 aliphatic heterocycles. The molecule has 0 bridgehead atoms. The number of hydrogen-bond donors (Lipinski definition) is 1. The largest absolute Gasteiger partial charge is 0.349 e. The summed E-state index contributed by atoms with van der Waals surface area (Å²) in [5, 5.41) is 6.11. The van der Waals surface area contributed by atoms with Crippen LogP contribution in [0.15, 0.2) is 17.5 Å². The highest BCUT2D eigenvalue weighted by atomic mass is 32.1. The molecular weight excluding hydrogens is 276 g/mol. The van der Waals surface area contributed by atoms with E-state index in [1.165, 1.54) is 24.2 Å². The lowest BCUT2D eigenvalue weighted by Gasteiger charge is -2.10. The van der Waals surface area contributed by atoms with Crippen LogP contribution < -0.4 is 5.32 Å². The summed E-state index contributed by atoms with van der Waals surface area (Å²) >= 11 is 3.15. The minimum absolute atomic E-state index is 0.0460. The summed E-state index contributed by atoms with van der Waals surface area (Å²) in [6.07, 6.45) is 4.68. The number of rotatable bonds is 3. The molecule has 100 valence electrons. The van der Waals surface area contributed by atoms with Gasteiger partial charge in [-0.15, -0.1) is 22.7 Å². The van der Waals surface area contributed by atoms with Crippen molar-refractivity contribution in [3.05, 3.63) is 28.1 Å². The van der Waals surface area contributed by atoms with Crippen LogP contribution in [0.4, 0.5) is 0 Å². The number of aryl methyl sites for hydroxylation is 1. The number of carbonyl (C=O) groups is 1. The average molecular weight is 292 g/mol. The molecule has 3 rings (SSSR count). The van der Waals surface area contributed by atoms with E-state index in [0.29, 0.717) is 6.04 Å². The maximum atomic E-state index is 12.3. The standard InChI is InChI=1S/C14H16N2OS2/c1-9-12(13(17)16-10-5-2-3-6-10)19-14(15-9)11-7-4-8-18-11/h4,7-8,10H,2-3,5-6H2,1H3,(H,16,17). The van der Waals surface area contributed by atoms with Gasteiger partial charge in [-0.05, 0) is 31.2 Å². The number of thiazole rings is 1. The van der Waals surface area contributed by atoms with Crippen molar-refractivity contribution in [3.8, 4) is 9.88 Å². The first-order valence-electron chi connectivity index (χ1n) is 6.56. The van der Waals surface area contributed by atoms with Crippen LogP contribution >= 0.6 is 22.7 Å². The first kappa shape index (κ1) is 12.8. The molecule has 5 heteroatoms. The van der Waals surface area contributed by atoms with E-state index in [9.17, 15) is 4.79 Å². The Hall–Kier alpha value is -1.20. The highest BCUT2D eigenvalue weighted by molar-refractivity contribution is 7.22. The van der Waals surface area contributed by atoms with Crippen LogP contribution in [0.5, 0.6) is 0 Å². The third kappa shape index (κ3) is 2.72. The van der Waals surface area contributed by atoms with E-state index < -0.39 is 0 Å². The van der Waals surface area contributed by atoms with Crippen LogP contribution in [0.3, 0.4) is 0 Å². The second kappa shape index (κ2) is 5.43. The van der Waals surface area contributed by atoms with Crippen LogP contribution in [0.1, 0.15) is 41.0 Å². The predicted molar refractivity (Wildman–Crippen MR) is 79.9 cm³/mol. The summed E-state index contributed by atoms with van der Waals surface area (Å²) in [6, 6.07) is 4.41. The quantitative estimate of drug-likeness (QED) is 0.933. The van der Waals surface area contributed by atoms with Crippen molar-refractivity contribution in [1.82, 2.24) is 10.3 Å². The molecule has 1 aliphatic rings. The Bertz CT molecular complexity index is 568. The van der Waals surface area contributed by atoms with Crippen LogP contribution in [-0.2, 0) is 0 Å². The molecule has 2 aromatic heterocycles. The maximum Gasteiger partial charge on any atom is 0.263 e. The molecule has 0 spiro atoms. The van der Waals surface area contributed by atoms with Gasteiger partial charge in [-0.25, -0.2) is 4.98 Å². The van der Waals surface area contributed by atoms with Crippen molar-refractivity contribution >= 4 is 28.6 Å². The smallest absolute Gasteiger partial charge is 0.263 e. The van der Waals surface area contributed by atoms with E-state index in [1.54, 1.807) is 11.3 Å². The zero-order valence-corrected chi connectivity index (χ0v) is 12.4. The van der Waals surface area contributed by atoms with E-state index in [-0.39, 0.29) is 5.91 Å². The predicted octanol–water partition coefficient (Wildman–Crippen LogP) is 3.85. The molecule has 1 fully saturated rings. The average Bonchev–Trinajstić information content (AvgIpc) is 3.07. The zero-order valence-electron chi connectivity index (χ0n) is 10.8. The molecule has 0 aromatic carbocycles. The fraction of sp³-hybridized carbons (Fsp3) is 0.429. The fourth-order valence-corrected chi connectivity index (χ4v) is 4.20. The third-order valence-electron chi connectivity index (χ3n) is 3.43. The van der Waals surface area contributed by atoms with Crippen molar-refractivity contribution in [1.29, 1.82) is 0 Å². The number of nitrogens with zero attached hydrogens (tertiary/aromatic N) is 1. The molecule has 0 unspecified atom stereocenters. The Morgan fingerprint density at radius 1 is 1.42 bits per heavy atom. The van der Waals surface area contributed by atoms with Gasteiger partial charge in [0.2, 0.25) is 0 Å². The first-order chi connectivity index (χ1) is 9.24. The van der Waals surface area contributed by atoms with Gasteiger partial charge in [0.25, 0.3) is 5.91 Å². The number of thiophene rings is 1. The van der Waals surface area contributed by atoms with Gasteiger partial charge in [0.1, 0.15) is 9.88 Å². The number of hydrogen-bond acceptors (Lipinski definition) is 4. The summed E-state index contributed by atoms with van der Waals surface area (Å²) in [5.74, 6) is 0.0460. The van der Waals surface area contributed by atoms with E-state index in [0.717, 1.165) is 33.3 Å². The molecule has 1 amide bonds. The molecule has 1 aliphatic carbocycles. The number of amides is 1. The summed E-state index contributed by atoms with van der Waals surface area (Å²) in [4.78, 5) is 18.7. The number of nitrogens with one attached hydrogen (secondary N) is 1. The SMILES string of the molecule is Cc1nc(-c2cccs2)sc1C(=O)NC1CCCC1. The Labute approximate surface area is 120 Å². The van der Waals surface area contributed by atoms with Gasteiger partial charge in [-0.2, -0.15) is 0 Å². The van der Waals surface area contributed by atoms with Gasteiger partial charge in [-0.3, -0.25) is 4.79 Å². The van der Waals surface area contributed by atoms with E-state index in [1.807, 2.05) is 24.4 Å². The molecule has 2 heterocycles. The van der Waals surface area contributed by atoms with Gasteiger partial charge in [0.15, 0.2) is 0 Å². The van der Waals surface area contributed by atoms with Crippen LogP contribution in [0.2, 0.25) is 0 Å². The minimum atomic E-state index is 0.0460. The monoisotopic (exact) mass is 292 g/mol. The lowest BCUT2D eigenvalue weighted by Crippen LogP contribution is -2.32. The number of aromatic nitrogens is 1. The van der Waals surface area contributed by atoms with Crippen LogP contribution in [0.25, 0.3) is 9.88 Å². The Morgan fingerprint density at radius 2 is 2.21 bits per heavy atom.